The fourth-order valence-electron chi connectivity index (χ4n) is 5.46. The average Bonchev–Trinajstić information content (AvgIpc) is 3.12. The number of nitrogens with zero attached hydrogens (tertiary/aromatic N) is 3. The Kier molecular flexibility index (Phi) is 20.9. The van der Waals surface area contributed by atoms with Crippen LogP contribution in [0.1, 0.15) is 83.6 Å². The van der Waals surface area contributed by atoms with Crippen molar-refractivity contribution in [3.8, 4) is 5.75 Å². The number of hydrogen-bond donors (Lipinski definition) is 0. The Morgan fingerprint density at radius 1 is 0.843 bits per heavy atom. The van der Waals surface area contributed by atoms with Crippen molar-refractivity contribution in [2.24, 2.45) is 4.99 Å². The second kappa shape index (κ2) is 25.4. The van der Waals surface area contributed by atoms with Gasteiger partial charge in [0.15, 0.2) is 5.90 Å². The molecule has 9 heteroatoms. The summed E-state index contributed by atoms with van der Waals surface area (Å²) in [4.78, 5) is 21.5. The van der Waals surface area contributed by atoms with E-state index in [4.69, 9.17) is 37.4 Å². The van der Waals surface area contributed by atoms with Gasteiger partial charge in [0.1, 0.15) is 5.75 Å². The summed E-state index contributed by atoms with van der Waals surface area (Å²) in [5.41, 5.74) is 2.79. The van der Waals surface area contributed by atoms with E-state index in [0.717, 1.165) is 113 Å². The molecule has 0 radical (unpaired) electrons. The smallest absolute Gasteiger partial charge is 0.308 e. The van der Waals surface area contributed by atoms with Crippen molar-refractivity contribution in [3.63, 3.8) is 0 Å². The largest absolute Gasteiger partial charge is 0.494 e. The summed E-state index contributed by atoms with van der Waals surface area (Å²) in [7, 11) is 0. The minimum Gasteiger partial charge on any atom is -0.494 e. The van der Waals surface area contributed by atoms with Gasteiger partial charge in [-0.2, -0.15) is 0 Å². The summed E-state index contributed by atoms with van der Waals surface area (Å²) in [6.45, 7) is 11.3. The van der Waals surface area contributed by atoms with E-state index in [-0.39, 0.29) is 12.8 Å². The summed E-state index contributed by atoms with van der Waals surface area (Å²) < 4.78 is 16.9. The quantitative estimate of drug-likeness (QED) is 0.0299. The maximum atomic E-state index is 12.1. The standard InChI is InChI=1S/C42H57Cl2N3O4/c1-4-5-6-7-8-9-10-11-12-13-14-15-16-17-18-24-41(48)51-34-50-36(3)45-39-33-37(26-25-35(39)2)49-32-20-19-27-46-28-30-47(31-29-46)40-23-21-22-38(43)42(40)44/h5-6,8-9,11-12,14-15,21-23,25-26,33H,4,7,10,13,16-20,24,27-32,34H2,1-3H3/b6-5-,9-8-,12-11-,15-14-,45-36?. The van der Waals surface area contributed by atoms with Crippen LogP contribution >= 0.6 is 23.2 Å². The lowest BCUT2D eigenvalue weighted by atomic mass is 10.2. The zero-order valence-corrected chi connectivity index (χ0v) is 32.3. The van der Waals surface area contributed by atoms with E-state index in [1.807, 2.05) is 43.3 Å². The third kappa shape index (κ3) is 17.5. The molecule has 0 aromatic heterocycles. The van der Waals surface area contributed by atoms with Crippen molar-refractivity contribution < 1.29 is 19.0 Å². The van der Waals surface area contributed by atoms with Gasteiger partial charge in [-0.3, -0.25) is 9.69 Å². The molecule has 2 aromatic carbocycles. The molecule has 7 nitrogen and oxygen atoms in total. The third-order valence-electron chi connectivity index (χ3n) is 8.45. The molecule has 2 aromatic rings. The van der Waals surface area contributed by atoms with Gasteiger partial charge in [-0.15, -0.1) is 0 Å². The Hall–Kier alpha value is -3.52. The van der Waals surface area contributed by atoms with E-state index < -0.39 is 0 Å². The van der Waals surface area contributed by atoms with Crippen molar-refractivity contribution in [3.05, 3.63) is 101 Å². The molecule has 1 aliphatic heterocycles. The number of rotatable bonds is 22. The van der Waals surface area contributed by atoms with E-state index in [0.29, 0.717) is 29.0 Å². The number of unbranched alkanes of at least 4 members (excludes halogenated alkanes) is 3. The lowest BCUT2D eigenvalue weighted by Crippen LogP contribution is -2.46. The molecule has 0 bridgehead atoms. The molecule has 1 heterocycles. The molecule has 0 saturated carbocycles. The van der Waals surface area contributed by atoms with E-state index in [1.165, 1.54) is 0 Å². The van der Waals surface area contributed by atoms with Crippen LogP contribution in [0.15, 0.2) is 90.0 Å². The van der Waals surface area contributed by atoms with Crippen LogP contribution in [-0.2, 0) is 14.3 Å². The summed E-state index contributed by atoms with van der Waals surface area (Å²) in [5, 5.41) is 1.23. The van der Waals surface area contributed by atoms with Crippen LogP contribution < -0.4 is 9.64 Å². The first-order valence-electron chi connectivity index (χ1n) is 18.5. The molecule has 0 unspecified atom stereocenters. The monoisotopic (exact) mass is 737 g/mol. The molecular formula is C42H57Cl2N3O4. The van der Waals surface area contributed by atoms with Crippen LogP contribution in [0.3, 0.4) is 0 Å². The van der Waals surface area contributed by atoms with Crippen LogP contribution in [-0.4, -0.2) is 62.9 Å². The van der Waals surface area contributed by atoms with Crippen molar-refractivity contribution >= 4 is 46.4 Å². The van der Waals surface area contributed by atoms with Crippen LogP contribution in [0.4, 0.5) is 11.4 Å². The van der Waals surface area contributed by atoms with Crippen LogP contribution in [0.25, 0.3) is 0 Å². The zero-order chi connectivity index (χ0) is 36.5. The summed E-state index contributed by atoms with van der Waals surface area (Å²) in [5.74, 6) is 0.945. The first kappa shape index (κ1) is 41.9. The number of halogens is 2. The predicted octanol–water partition coefficient (Wildman–Crippen LogP) is 11.2. The SMILES string of the molecule is CC/C=C\C/C=C\C/C=C\C/C=C\CCCCC(=O)OCOC(C)=Nc1cc(OCCCCN2CCN(c3cccc(Cl)c3Cl)CC2)ccc1C. The Bertz CT molecular complexity index is 1460. The Morgan fingerprint density at radius 3 is 2.27 bits per heavy atom. The Balaban J connectivity index is 1.23. The molecule has 278 valence electrons. The fourth-order valence-corrected chi connectivity index (χ4v) is 5.87. The highest BCUT2D eigenvalue weighted by Crippen LogP contribution is 2.33. The first-order valence-corrected chi connectivity index (χ1v) is 19.2. The second-order valence-electron chi connectivity index (χ2n) is 12.6. The maximum absolute atomic E-state index is 12.1. The minimum atomic E-state index is -0.260. The lowest BCUT2D eigenvalue weighted by Gasteiger charge is -2.36. The molecule has 0 N–H and O–H groups in total. The number of benzene rings is 2. The third-order valence-corrected chi connectivity index (χ3v) is 9.26. The number of allylic oxidation sites excluding steroid dienone is 8. The average molecular weight is 739 g/mol. The molecular weight excluding hydrogens is 681 g/mol. The van der Waals surface area contributed by atoms with E-state index in [2.05, 4.69) is 70.3 Å². The topological polar surface area (TPSA) is 63.6 Å². The first-order chi connectivity index (χ1) is 24.9. The summed E-state index contributed by atoms with van der Waals surface area (Å²) in [6, 6.07) is 11.7. The molecule has 0 amide bonds. The lowest BCUT2D eigenvalue weighted by molar-refractivity contribution is -0.151. The molecule has 1 saturated heterocycles. The number of hydrogen-bond acceptors (Lipinski definition) is 7. The van der Waals surface area contributed by atoms with Crippen molar-refractivity contribution in [1.82, 2.24) is 4.90 Å². The fraction of sp³-hybridized carbons (Fsp3) is 0.476. The highest BCUT2D eigenvalue weighted by molar-refractivity contribution is 6.43. The number of piperazine rings is 1. The molecule has 1 fully saturated rings. The van der Waals surface area contributed by atoms with Gasteiger partial charge in [0.05, 0.1) is 28.0 Å². The molecule has 0 aliphatic carbocycles. The molecule has 0 spiro atoms. The van der Waals surface area contributed by atoms with Crippen LogP contribution in [0.5, 0.6) is 5.75 Å². The number of esters is 1. The highest BCUT2D eigenvalue weighted by atomic mass is 35.5. The van der Waals surface area contributed by atoms with Gasteiger partial charge in [0.25, 0.3) is 0 Å². The van der Waals surface area contributed by atoms with Crippen molar-refractivity contribution in [2.75, 3.05) is 51.0 Å². The minimum absolute atomic E-state index is 0.149. The number of aliphatic imine (C=N–C) groups is 1. The number of carbonyl (C=O) groups is 1. The van der Waals surface area contributed by atoms with Gasteiger partial charge in [-0.1, -0.05) is 90.9 Å². The van der Waals surface area contributed by atoms with Crippen LogP contribution in [0.2, 0.25) is 10.0 Å². The number of aryl methyl sites for hydroxylation is 1. The van der Waals surface area contributed by atoms with Gasteiger partial charge in [-0.25, -0.2) is 4.99 Å². The van der Waals surface area contributed by atoms with Crippen molar-refractivity contribution in [2.45, 2.75) is 85.0 Å². The summed E-state index contributed by atoms with van der Waals surface area (Å²) >= 11 is 12.6. The van der Waals surface area contributed by atoms with E-state index in [1.54, 1.807) is 6.92 Å². The van der Waals surface area contributed by atoms with Gasteiger partial charge >= 0.3 is 5.97 Å². The van der Waals surface area contributed by atoms with Gasteiger partial charge < -0.3 is 19.1 Å². The number of carbonyl (C=O) groups excluding carboxylic acids is 1. The molecule has 0 atom stereocenters. The predicted molar refractivity (Wildman–Crippen MR) is 215 cm³/mol. The number of ether oxygens (including phenoxy) is 3. The van der Waals surface area contributed by atoms with Crippen LogP contribution in [0, 0.1) is 6.92 Å². The number of anilines is 1. The van der Waals surface area contributed by atoms with E-state index >= 15 is 0 Å². The maximum Gasteiger partial charge on any atom is 0.308 e. The molecule has 3 rings (SSSR count). The van der Waals surface area contributed by atoms with Gasteiger partial charge in [0, 0.05) is 45.6 Å². The molecule has 51 heavy (non-hydrogen) atoms. The second-order valence-corrected chi connectivity index (χ2v) is 13.3. The Labute approximate surface area is 316 Å². The molecule has 1 aliphatic rings. The Morgan fingerprint density at radius 2 is 1.55 bits per heavy atom. The van der Waals surface area contributed by atoms with Gasteiger partial charge in [-0.05, 0) is 95.0 Å². The van der Waals surface area contributed by atoms with Crippen molar-refractivity contribution in [1.29, 1.82) is 0 Å². The highest BCUT2D eigenvalue weighted by Gasteiger charge is 2.19. The zero-order valence-electron chi connectivity index (χ0n) is 30.8. The normalized spacial score (nSPS) is 14.5. The van der Waals surface area contributed by atoms with E-state index in [9.17, 15) is 4.79 Å². The van der Waals surface area contributed by atoms with Gasteiger partial charge in [0.2, 0.25) is 6.79 Å². The summed E-state index contributed by atoms with van der Waals surface area (Å²) in [6.07, 6.45) is 26.6.